The van der Waals surface area contributed by atoms with Crippen molar-refractivity contribution in [2.45, 2.75) is 24.9 Å². The Kier molecular flexibility index (Phi) is 4.70. The van der Waals surface area contributed by atoms with Gasteiger partial charge in [-0.25, -0.2) is 12.8 Å². The number of nitrogens with two attached hydrogens (primary N) is 1. The van der Waals surface area contributed by atoms with Crippen LogP contribution in [0.4, 0.5) is 10.1 Å². The molecule has 114 valence electrons. The maximum atomic E-state index is 13.4. The van der Waals surface area contributed by atoms with Crippen LogP contribution >= 0.6 is 15.9 Å². The van der Waals surface area contributed by atoms with Crippen molar-refractivity contribution in [1.82, 2.24) is 4.57 Å². The lowest BCUT2D eigenvalue weighted by Crippen LogP contribution is -2.12. The Balaban J connectivity index is 2.33. The molecule has 0 aliphatic heterocycles. The number of hydrogen-bond acceptors (Lipinski definition) is 3. The van der Waals surface area contributed by atoms with Gasteiger partial charge in [-0.1, -0.05) is 0 Å². The van der Waals surface area contributed by atoms with Gasteiger partial charge in [0, 0.05) is 25.0 Å². The molecule has 1 heterocycles. The average molecular weight is 376 g/mol. The van der Waals surface area contributed by atoms with Gasteiger partial charge in [0.2, 0.25) is 0 Å². The molecular weight excluding hydrogens is 361 g/mol. The number of nitrogens with zero attached hydrogens (tertiary/aromatic N) is 1. The van der Waals surface area contributed by atoms with Crippen LogP contribution in [0.25, 0.3) is 0 Å². The Bertz CT molecular complexity index is 737. The maximum absolute atomic E-state index is 13.4. The first-order valence-electron chi connectivity index (χ1n) is 6.24. The van der Waals surface area contributed by atoms with Crippen molar-refractivity contribution in [2.24, 2.45) is 5.73 Å². The third kappa shape index (κ3) is 3.45. The summed E-state index contributed by atoms with van der Waals surface area (Å²) in [5, 5.41) is 0. The summed E-state index contributed by atoms with van der Waals surface area (Å²) < 4.78 is 42.4. The number of hydrogen-bond donors (Lipinski definition) is 2. The van der Waals surface area contributed by atoms with Crippen LogP contribution in [-0.2, 0) is 23.1 Å². The molecule has 0 atom stereocenters. The van der Waals surface area contributed by atoms with Crippen LogP contribution in [0, 0.1) is 5.82 Å². The lowest BCUT2D eigenvalue weighted by atomic mass is 10.3. The number of rotatable bonds is 5. The largest absolute Gasteiger partial charge is 0.349 e. The summed E-state index contributed by atoms with van der Waals surface area (Å²) in [6, 6.07) is 5.55. The Morgan fingerprint density at radius 2 is 2.10 bits per heavy atom. The number of anilines is 1. The molecule has 0 spiro atoms. The van der Waals surface area contributed by atoms with Gasteiger partial charge in [-0.3, -0.25) is 4.72 Å². The molecule has 0 unspecified atom stereocenters. The van der Waals surface area contributed by atoms with E-state index in [0.717, 1.165) is 11.8 Å². The van der Waals surface area contributed by atoms with E-state index in [1.807, 2.05) is 6.92 Å². The van der Waals surface area contributed by atoms with Gasteiger partial charge < -0.3 is 10.3 Å². The lowest BCUT2D eigenvalue weighted by molar-refractivity contribution is 0.600. The summed E-state index contributed by atoms with van der Waals surface area (Å²) in [7, 11) is -3.77. The summed E-state index contributed by atoms with van der Waals surface area (Å²) in [6.45, 7) is 2.76. The predicted octanol–water partition coefficient (Wildman–Crippen LogP) is 2.67. The van der Waals surface area contributed by atoms with Crippen molar-refractivity contribution in [3.8, 4) is 0 Å². The molecule has 1 aromatic heterocycles. The molecule has 5 nitrogen and oxygen atoms in total. The van der Waals surface area contributed by atoms with Crippen molar-refractivity contribution in [2.75, 3.05) is 4.72 Å². The highest BCUT2D eigenvalue weighted by Crippen LogP contribution is 2.23. The fourth-order valence-corrected chi connectivity index (χ4v) is 3.27. The summed E-state index contributed by atoms with van der Waals surface area (Å²) in [6.07, 6.45) is 1.51. The predicted molar refractivity (Wildman–Crippen MR) is 82.9 cm³/mol. The normalized spacial score (nSPS) is 11.6. The van der Waals surface area contributed by atoms with Gasteiger partial charge in [0.05, 0.1) is 10.2 Å². The number of aromatic nitrogens is 1. The Morgan fingerprint density at radius 1 is 1.38 bits per heavy atom. The molecule has 1 aromatic carbocycles. The number of benzene rings is 1. The molecule has 21 heavy (non-hydrogen) atoms. The van der Waals surface area contributed by atoms with Gasteiger partial charge in [0.15, 0.2) is 0 Å². The molecule has 0 saturated carbocycles. The molecule has 2 rings (SSSR count). The SMILES string of the molecule is CCn1cc(S(=O)(=O)Nc2ccc(Br)c(F)c2)cc1CN. The van der Waals surface area contributed by atoms with Crippen LogP contribution in [0.3, 0.4) is 0 Å². The van der Waals surface area contributed by atoms with E-state index in [1.54, 1.807) is 4.57 Å². The summed E-state index contributed by atoms with van der Waals surface area (Å²) in [4.78, 5) is 0.105. The van der Waals surface area contributed by atoms with Crippen molar-refractivity contribution in [3.63, 3.8) is 0 Å². The molecule has 0 bridgehead atoms. The topological polar surface area (TPSA) is 77.1 Å². The smallest absolute Gasteiger partial charge is 0.263 e. The minimum absolute atomic E-state index is 0.105. The maximum Gasteiger partial charge on any atom is 0.263 e. The van der Waals surface area contributed by atoms with E-state index in [1.165, 1.54) is 24.4 Å². The first-order valence-corrected chi connectivity index (χ1v) is 8.52. The van der Waals surface area contributed by atoms with Gasteiger partial charge in [-0.15, -0.1) is 0 Å². The number of sulfonamides is 1. The summed E-state index contributed by atoms with van der Waals surface area (Å²) in [5.74, 6) is -0.538. The van der Waals surface area contributed by atoms with Crippen LogP contribution in [0.2, 0.25) is 0 Å². The highest BCUT2D eigenvalue weighted by atomic mass is 79.9. The fourth-order valence-electron chi connectivity index (χ4n) is 1.91. The Morgan fingerprint density at radius 3 is 2.62 bits per heavy atom. The molecular formula is C13H15BrFN3O2S. The van der Waals surface area contributed by atoms with E-state index in [4.69, 9.17) is 5.73 Å². The minimum atomic E-state index is -3.77. The monoisotopic (exact) mass is 375 g/mol. The van der Waals surface area contributed by atoms with Gasteiger partial charge in [0.25, 0.3) is 10.0 Å². The minimum Gasteiger partial charge on any atom is -0.349 e. The zero-order valence-corrected chi connectivity index (χ0v) is 13.7. The van der Waals surface area contributed by atoms with Crippen LogP contribution in [-0.4, -0.2) is 13.0 Å². The van der Waals surface area contributed by atoms with E-state index in [-0.39, 0.29) is 21.6 Å². The molecule has 8 heteroatoms. The fraction of sp³-hybridized carbons (Fsp3) is 0.231. The molecule has 0 saturated heterocycles. The highest BCUT2D eigenvalue weighted by Gasteiger charge is 2.18. The van der Waals surface area contributed by atoms with Crippen molar-refractivity contribution in [3.05, 3.63) is 46.4 Å². The molecule has 0 aliphatic carbocycles. The van der Waals surface area contributed by atoms with E-state index < -0.39 is 15.8 Å². The molecule has 0 fully saturated rings. The second-order valence-electron chi connectivity index (χ2n) is 4.39. The zero-order valence-electron chi connectivity index (χ0n) is 11.3. The van der Waals surface area contributed by atoms with Gasteiger partial charge in [-0.05, 0) is 47.1 Å². The Hall–Kier alpha value is -1.38. The van der Waals surface area contributed by atoms with E-state index in [2.05, 4.69) is 20.7 Å². The van der Waals surface area contributed by atoms with E-state index in [9.17, 15) is 12.8 Å². The number of halogens is 2. The highest BCUT2D eigenvalue weighted by molar-refractivity contribution is 9.10. The standard InChI is InChI=1S/C13H15BrFN3O2S/c1-2-18-8-11(6-10(18)7-16)21(19,20)17-9-3-4-12(14)13(15)5-9/h3-6,8,17H,2,7,16H2,1H3. The first kappa shape index (κ1) is 16.0. The quantitative estimate of drug-likeness (QED) is 0.843. The van der Waals surface area contributed by atoms with Crippen molar-refractivity contribution in [1.29, 1.82) is 0 Å². The van der Waals surface area contributed by atoms with E-state index >= 15 is 0 Å². The number of nitrogens with one attached hydrogen (secondary N) is 1. The van der Waals surface area contributed by atoms with Crippen molar-refractivity contribution < 1.29 is 12.8 Å². The average Bonchev–Trinajstić information content (AvgIpc) is 2.86. The molecule has 3 N–H and O–H groups in total. The molecule has 0 aliphatic rings. The summed E-state index contributed by atoms with van der Waals surface area (Å²) >= 11 is 3.02. The molecule has 0 amide bonds. The lowest BCUT2D eigenvalue weighted by Gasteiger charge is -2.07. The van der Waals surface area contributed by atoms with Crippen LogP contribution in [0.15, 0.2) is 39.8 Å². The van der Waals surface area contributed by atoms with Gasteiger partial charge in [0.1, 0.15) is 10.7 Å². The van der Waals surface area contributed by atoms with Gasteiger partial charge >= 0.3 is 0 Å². The van der Waals surface area contributed by atoms with Crippen LogP contribution < -0.4 is 10.5 Å². The molecule has 2 aromatic rings. The van der Waals surface area contributed by atoms with Crippen molar-refractivity contribution >= 4 is 31.6 Å². The second kappa shape index (κ2) is 6.17. The second-order valence-corrected chi connectivity index (χ2v) is 6.93. The number of aryl methyl sites for hydroxylation is 1. The van der Waals surface area contributed by atoms with Crippen LogP contribution in [0.5, 0.6) is 0 Å². The van der Waals surface area contributed by atoms with Gasteiger partial charge in [-0.2, -0.15) is 0 Å². The third-order valence-corrected chi connectivity index (χ3v) is 4.98. The van der Waals surface area contributed by atoms with E-state index in [0.29, 0.717) is 6.54 Å². The summed E-state index contributed by atoms with van der Waals surface area (Å²) in [5.41, 5.74) is 6.46. The van der Waals surface area contributed by atoms with Crippen LogP contribution in [0.1, 0.15) is 12.6 Å². The Labute approximate surface area is 131 Å². The zero-order chi connectivity index (χ0) is 15.6. The first-order chi connectivity index (χ1) is 9.87. The molecule has 0 radical (unpaired) electrons. The third-order valence-electron chi connectivity index (χ3n) is 2.99.